The summed E-state index contributed by atoms with van der Waals surface area (Å²) in [4.78, 5) is 81.7. The highest BCUT2D eigenvalue weighted by Gasteiger charge is 2.45. The van der Waals surface area contributed by atoms with E-state index in [4.69, 9.17) is 15.2 Å². The molecule has 60 heavy (non-hydrogen) atoms. The number of aliphatic hydroxyl groups is 1. The predicted molar refractivity (Wildman–Crippen MR) is 220 cm³/mol. The molecule has 0 bridgehead atoms. The first-order valence-corrected chi connectivity index (χ1v) is 20.9. The highest BCUT2D eigenvalue weighted by molar-refractivity contribution is 6.37. The van der Waals surface area contributed by atoms with E-state index in [0.717, 1.165) is 37.7 Å². The minimum absolute atomic E-state index is 0.0426. The van der Waals surface area contributed by atoms with Gasteiger partial charge in [-0.2, -0.15) is 0 Å². The van der Waals surface area contributed by atoms with Crippen LogP contribution in [0.15, 0.2) is 60.8 Å². The third kappa shape index (κ3) is 12.7. The topological polar surface area (TPSA) is 225 Å². The molecule has 1 saturated carbocycles. The third-order valence-corrected chi connectivity index (χ3v) is 11.5. The lowest BCUT2D eigenvalue weighted by Gasteiger charge is -2.32. The monoisotopic (exact) mass is 829 g/mol. The zero-order chi connectivity index (χ0) is 43.2. The Kier molecular flexibility index (Phi) is 16.3. The number of hydrogen-bond acceptors (Lipinski definition) is 11. The van der Waals surface area contributed by atoms with Gasteiger partial charge in [-0.25, -0.2) is 9.48 Å². The van der Waals surface area contributed by atoms with Crippen LogP contribution < -0.4 is 21.1 Å². The minimum atomic E-state index is -1.34. The lowest BCUT2D eigenvalue weighted by Crippen LogP contribution is -2.53. The van der Waals surface area contributed by atoms with Crippen molar-refractivity contribution in [1.29, 1.82) is 0 Å². The largest absolute Gasteiger partial charge is 0.497 e. The van der Waals surface area contributed by atoms with Crippen LogP contribution >= 0.6 is 0 Å². The molecule has 2 fully saturated rings. The first kappa shape index (κ1) is 45.4. The molecule has 1 aromatic heterocycles. The lowest BCUT2D eigenvalue weighted by molar-refractivity contribution is -0.143. The minimum Gasteiger partial charge on any atom is -0.497 e. The summed E-state index contributed by atoms with van der Waals surface area (Å²) in [6, 6.07) is 13.2. The molecule has 2 heterocycles. The van der Waals surface area contributed by atoms with E-state index in [0.29, 0.717) is 36.3 Å². The number of primary amides is 1. The SMILES string of the molecule is COc1cccc(C(=O)CC[C@H](CC2CCCCC2)C(=O)N2C[C@@H](n3nncc3C(C)(C)O)C[C@H]2C(=O)NC(CCCCNC(=O)OCc2ccccc2)C(=O)C(N)=O)c1. The van der Waals surface area contributed by atoms with Gasteiger partial charge in [-0.1, -0.05) is 79.8 Å². The summed E-state index contributed by atoms with van der Waals surface area (Å²) < 4.78 is 12.1. The van der Waals surface area contributed by atoms with Crippen LogP contribution in [0.25, 0.3) is 0 Å². The van der Waals surface area contributed by atoms with Gasteiger partial charge < -0.3 is 35.8 Å². The smallest absolute Gasteiger partial charge is 0.407 e. The van der Waals surface area contributed by atoms with Crippen molar-refractivity contribution in [2.75, 3.05) is 20.2 Å². The van der Waals surface area contributed by atoms with Crippen molar-refractivity contribution < 1.29 is 43.3 Å². The molecule has 2 aromatic carbocycles. The van der Waals surface area contributed by atoms with Crippen molar-refractivity contribution in [3.8, 4) is 5.75 Å². The van der Waals surface area contributed by atoms with Crippen molar-refractivity contribution in [3.05, 3.63) is 77.6 Å². The highest BCUT2D eigenvalue weighted by Crippen LogP contribution is 2.36. The quantitative estimate of drug-likeness (QED) is 0.0663. The Hall–Kier alpha value is -5.64. The van der Waals surface area contributed by atoms with Crippen molar-refractivity contribution in [3.63, 3.8) is 0 Å². The fraction of sp³-hybridized carbons (Fsp3) is 0.545. The molecule has 1 saturated heterocycles. The van der Waals surface area contributed by atoms with Gasteiger partial charge in [0.15, 0.2) is 5.78 Å². The van der Waals surface area contributed by atoms with Crippen LogP contribution in [0.5, 0.6) is 5.75 Å². The summed E-state index contributed by atoms with van der Waals surface area (Å²) in [5.41, 5.74) is 5.79. The number of carbonyl (C=O) groups is 6. The molecule has 4 atom stereocenters. The van der Waals surface area contributed by atoms with Crippen LogP contribution in [0.4, 0.5) is 4.79 Å². The number of nitrogens with zero attached hydrogens (tertiary/aromatic N) is 4. The second-order valence-electron chi connectivity index (χ2n) is 16.4. The van der Waals surface area contributed by atoms with E-state index >= 15 is 0 Å². The average molecular weight is 830 g/mol. The fourth-order valence-electron chi connectivity index (χ4n) is 8.23. The molecule has 5 rings (SSSR count). The first-order valence-electron chi connectivity index (χ1n) is 20.9. The molecular weight excluding hydrogens is 771 g/mol. The molecule has 16 nitrogen and oxygen atoms in total. The van der Waals surface area contributed by atoms with Gasteiger partial charge in [0.05, 0.1) is 31.1 Å². The summed E-state index contributed by atoms with van der Waals surface area (Å²) in [5.74, 6) is -3.04. The van der Waals surface area contributed by atoms with E-state index in [1.165, 1.54) is 22.9 Å². The number of nitrogens with two attached hydrogens (primary N) is 1. The lowest BCUT2D eigenvalue weighted by atomic mass is 9.80. The van der Waals surface area contributed by atoms with Gasteiger partial charge in [0.2, 0.25) is 17.6 Å². The number of Topliss-reactive ketones (excluding diaryl/α,β-unsaturated/α-hetero) is 2. The Labute approximate surface area is 350 Å². The molecule has 3 aromatic rings. The Balaban J connectivity index is 1.32. The van der Waals surface area contributed by atoms with Crippen molar-refractivity contribution >= 4 is 35.4 Å². The summed E-state index contributed by atoms with van der Waals surface area (Å²) >= 11 is 0. The Morgan fingerprint density at radius 2 is 1.73 bits per heavy atom. The van der Waals surface area contributed by atoms with Gasteiger partial charge in [0.25, 0.3) is 5.91 Å². The van der Waals surface area contributed by atoms with Crippen LogP contribution in [0, 0.1) is 11.8 Å². The maximum Gasteiger partial charge on any atom is 0.407 e. The van der Waals surface area contributed by atoms with E-state index in [-0.39, 0.29) is 63.0 Å². The van der Waals surface area contributed by atoms with Crippen molar-refractivity contribution in [2.45, 2.75) is 121 Å². The van der Waals surface area contributed by atoms with Crippen LogP contribution in [-0.2, 0) is 36.1 Å². The van der Waals surface area contributed by atoms with Gasteiger partial charge in [0, 0.05) is 37.4 Å². The van der Waals surface area contributed by atoms with Gasteiger partial charge in [-0.05, 0) is 69.6 Å². The second-order valence-corrected chi connectivity index (χ2v) is 16.4. The molecular formula is C44H59N7O9. The molecule has 0 radical (unpaired) electrons. The molecule has 1 aliphatic carbocycles. The molecule has 324 valence electrons. The number of ether oxygens (including phenoxy) is 2. The predicted octanol–water partition coefficient (Wildman–Crippen LogP) is 4.54. The zero-order valence-electron chi connectivity index (χ0n) is 34.8. The maximum absolute atomic E-state index is 14.9. The average Bonchev–Trinajstić information content (AvgIpc) is 3.93. The van der Waals surface area contributed by atoms with Gasteiger partial charge in [-0.3, -0.25) is 24.0 Å². The van der Waals surface area contributed by atoms with E-state index in [2.05, 4.69) is 20.9 Å². The van der Waals surface area contributed by atoms with Crippen LogP contribution in [0.2, 0.25) is 0 Å². The number of rotatable bonds is 21. The number of likely N-dealkylation sites (tertiary alicyclic amines) is 1. The van der Waals surface area contributed by atoms with E-state index < -0.39 is 53.3 Å². The number of hydrogen-bond donors (Lipinski definition) is 4. The normalized spacial score (nSPS) is 18.0. The van der Waals surface area contributed by atoms with Gasteiger partial charge in [-0.15, -0.1) is 5.10 Å². The Morgan fingerprint density at radius 1 is 0.983 bits per heavy atom. The van der Waals surface area contributed by atoms with Crippen LogP contribution in [0.1, 0.15) is 119 Å². The van der Waals surface area contributed by atoms with Gasteiger partial charge in [0.1, 0.15) is 24.0 Å². The fourth-order valence-corrected chi connectivity index (χ4v) is 8.23. The number of amides is 4. The van der Waals surface area contributed by atoms with Gasteiger partial charge >= 0.3 is 6.09 Å². The van der Waals surface area contributed by atoms with E-state index in [1.54, 1.807) is 38.1 Å². The van der Waals surface area contributed by atoms with E-state index in [1.807, 2.05) is 30.3 Å². The molecule has 4 amide bonds. The third-order valence-electron chi connectivity index (χ3n) is 11.5. The zero-order valence-corrected chi connectivity index (χ0v) is 34.8. The maximum atomic E-state index is 14.9. The summed E-state index contributed by atoms with van der Waals surface area (Å²) in [6.07, 6.45) is 7.77. The molecule has 2 aliphatic rings. The summed E-state index contributed by atoms with van der Waals surface area (Å²) in [5, 5.41) is 24.6. The van der Waals surface area contributed by atoms with Crippen LogP contribution in [-0.4, -0.2) is 92.7 Å². The molecule has 0 spiro atoms. The number of benzene rings is 2. The number of carbonyl (C=O) groups excluding carboxylic acids is 6. The molecule has 16 heteroatoms. The molecule has 5 N–H and O–H groups in total. The standard InChI is InChI=1S/C44H59N7O9/c1-44(2,58)38-26-47-49-51(38)33-25-36(41(55)48-35(39(53)40(45)54)19-10-11-22-46-43(57)60-28-30-15-8-5-9-16-30)50(27-33)42(56)32(23-29-13-6-4-7-14-29)20-21-37(52)31-17-12-18-34(24-31)59-3/h5,8-9,12,15-18,24,26,29,32-33,35-36,58H,4,6-7,10-11,13-14,19-23,25,27-28H2,1-3H3,(H2,45,54)(H,46,57)(H,48,55)/t32-,33+,35?,36+/m1/s1. The number of aromatic nitrogens is 3. The summed E-state index contributed by atoms with van der Waals surface area (Å²) in [6.45, 7) is 3.55. The highest BCUT2D eigenvalue weighted by atomic mass is 16.5. The van der Waals surface area contributed by atoms with Crippen molar-refractivity contribution in [2.24, 2.45) is 17.6 Å². The number of unbranched alkanes of at least 4 members (excludes halogenated alkanes) is 1. The number of nitrogens with one attached hydrogen (secondary N) is 2. The molecule has 1 unspecified atom stereocenters. The second kappa shape index (κ2) is 21.6. The number of alkyl carbamates (subject to hydrolysis) is 1. The number of ketones is 2. The molecule has 1 aliphatic heterocycles. The Bertz CT molecular complexity index is 1940. The number of methoxy groups -OCH3 is 1. The van der Waals surface area contributed by atoms with E-state index in [9.17, 15) is 33.9 Å². The first-order chi connectivity index (χ1) is 28.7. The summed E-state index contributed by atoms with van der Waals surface area (Å²) in [7, 11) is 1.53. The van der Waals surface area contributed by atoms with Crippen LogP contribution in [0.3, 0.4) is 0 Å². The Morgan fingerprint density at radius 3 is 2.43 bits per heavy atom. The van der Waals surface area contributed by atoms with Crippen molar-refractivity contribution in [1.82, 2.24) is 30.5 Å².